The van der Waals surface area contributed by atoms with E-state index in [4.69, 9.17) is 0 Å². The Morgan fingerprint density at radius 1 is 1.00 bits per heavy atom. The molecule has 0 saturated carbocycles. The molecule has 0 atom stereocenters. The lowest BCUT2D eigenvalue weighted by atomic mass is 9.87. The van der Waals surface area contributed by atoms with E-state index >= 15 is 0 Å². The molecule has 5 rings (SSSR count). The quantitative estimate of drug-likeness (QED) is 0.618. The van der Waals surface area contributed by atoms with Crippen LogP contribution in [-0.4, -0.2) is 64.3 Å². The third-order valence-electron chi connectivity index (χ3n) is 7.58. The lowest BCUT2D eigenvalue weighted by molar-refractivity contribution is -0.123. The van der Waals surface area contributed by atoms with Gasteiger partial charge in [-0.05, 0) is 75.2 Å². The van der Waals surface area contributed by atoms with E-state index in [9.17, 15) is 14.4 Å². The maximum Gasteiger partial charge on any atom is 0.332 e. The van der Waals surface area contributed by atoms with E-state index in [1.165, 1.54) is 4.90 Å². The number of nitrogens with zero attached hydrogens (tertiary/aromatic N) is 5. The van der Waals surface area contributed by atoms with Crippen molar-refractivity contribution in [1.29, 1.82) is 0 Å². The van der Waals surface area contributed by atoms with Crippen molar-refractivity contribution < 1.29 is 14.4 Å². The normalized spacial score (nSPS) is 21.2. The SMILES string of the molecule is CC1(C)CN(C(=O)CN2CCCC2)c2cc(N3C(=O)N(Cc4ccncc4)C(C)(C)C3=O)ccc21. The Morgan fingerprint density at radius 3 is 2.37 bits per heavy atom. The Balaban J connectivity index is 1.46. The number of urea groups is 1. The van der Waals surface area contributed by atoms with Gasteiger partial charge in [-0.2, -0.15) is 0 Å². The molecule has 0 aliphatic carbocycles. The van der Waals surface area contributed by atoms with E-state index in [2.05, 4.69) is 23.7 Å². The van der Waals surface area contributed by atoms with Crippen molar-refractivity contribution in [1.82, 2.24) is 14.8 Å². The maximum atomic E-state index is 13.5. The topological polar surface area (TPSA) is 77.1 Å². The van der Waals surface area contributed by atoms with Crippen LogP contribution < -0.4 is 9.80 Å². The average molecular weight is 476 g/mol. The monoisotopic (exact) mass is 475 g/mol. The highest BCUT2D eigenvalue weighted by Crippen LogP contribution is 2.44. The first kappa shape index (κ1) is 23.5. The van der Waals surface area contributed by atoms with Crippen molar-refractivity contribution in [2.45, 2.75) is 58.0 Å². The Hall–Kier alpha value is -3.26. The van der Waals surface area contributed by atoms with Crippen LogP contribution >= 0.6 is 0 Å². The summed E-state index contributed by atoms with van der Waals surface area (Å²) < 4.78 is 0. The first-order valence-corrected chi connectivity index (χ1v) is 12.3. The number of rotatable bonds is 5. The second-order valence-electron chi connectivity index (χ2n) is 11.0. The zero-order valence-electron chi connectivity index (χ0n) is 21.0. The number of aromatic nitrogens is 1. The minimum Gasteiger partial charge on any atom is -0.310 e. The molecule has 0 spiro atoms. The zero-order chi connectivity index (χ0) is 25.0. The fourth-order valence-electron chi connectivity index (χ4n) is 5.46. The number of likely N-dealkylation sites (tertiary alicyclic amines) is 1. The lowest BCUT2D eigenvalue weighted by Crippen LogP contribution is -2.43. The van der Waals surface area contributed by atoms with Crippen LogP contribution in [0.5, 0.6) is 0 Å². The van der Waals surface area contributed by atoms with E-state index in [-0.39, 0.29) is 23.3 Å². The van der Waals surface area contributed by atoms with E-state index < -0.39 is 5.54 Å². The predicted molar refractivity (Wildman–Crippen MR) is 134 cm³/mol. The van der Waals surface area contributed by atoms with E-state index in [1.807, 2.05) is 35.2 Å². The van der Waals surface area contributed by atoms with Gasteiger partial charge < -0.3 is 9.80 Å². The summed E-state index contributed by atoms with van der Waals surface area (Å²) >= 11 is 0. The molecular weight excluding hydrogens is 442 g/mol. The fourth-order valence-corrected chi connectivity index (χ4v) is 5.46. The largest absolute Gasteiger partial charge is 0.332 e. The summed E-state index contributed by atoms with van der Waals surface area (Å²) in [6, 6.07) is 8.97. The molecule has 3 aliphatic heterocycles. The molecule has 0 radical (unpaired) electrons. The van der Waals surface area contributed by atoms with Gasteiger partial charge >= 0.3 is 6.03 Å². The highest BCUT2D eigenvalue weighted by Gasteiger charge is 2.52. The Morgan fingerprint density at radius 2 is 1.69 bits per heavy atom. The molecule has 4 heterocycles. The third-order valence-corrected chi connectivity index (χ3v) is 7.58. The van der Waals surface area contributed by atoms with Gasteiger partial charge in [0.1, 0.15) is 5.54 Å². The van der Waals surface area contributed by atoms with Gasteiger partial charge in [0.15, 0.2) is 0 Å². The number of carbonyl (C=O) groups excluding carboxylic acids is 3. The van der Waals surface area contributed by atoms with Gasteiger partial charge in [-0.25, -0.2) is 9.69 Å². The smallest absolute Gasteiger partial charge is 0.310 e. The molecule has 8 heteroatoms. The molecule has 184 valence electrons. The second-order valence-corrected chi connectivity index (χ2v) is 11.0. The molecule has 35 heavy (non-hydrogen) atoms. The van der Waals surface area contributed by atoms with Gasteiger partial charge in [0.05, 0.1) is 12.2 Å². The van der Waals surface area contributed by atoms with Gasteiger partial charge in [-0.15, -0.1) is 0 Å². The molecule has 2 aromatic rings. The highest BCUT2D eigenvalue weighted by molar-refractivity contribution is 6.23. The summed E-state index contributed by atoms with van der Waals surface area (Å²) in [6.07, 6.45) is 5.62. The first-order valence-electron chi connectivity index (χ1n) is 12.3. The number of hydrogen-bond acceptors (Lipinski definition) is 5. The highest BCUT2D eigenvalue weighted by atomic mass is 16.2. The predicted octanol–water partition coefficient (Wildman–Crippen LogP) is 3.55. The zero-order valence-corrected chi connectivity index (χ0v) is 21.0. The van der Waals surface area contributed by atoms with Crippen LogP contribution in [0.3, 0.4) is 0 Å². The summed E-state index contributed by atoms with van der Waals surface area (Å²) in [5.74, 6) is -0.210. The third kappa shape index (κ3) is 3.99. The van der Waals surface area contributed by atoms with Crippen molar-refractivity contribution >= 4 is 29.2 Å². The minimum atomic E-state index is -0.996. The number of fused-ring (bicyclic) bond motifs is 1. The van der Waals surface area contributed by atoms with Gasteiger partial charge in [-0.3, -0.25) is 19.5 Å². The molecular formula is C27H33N5O3. The van der Waals surface area contributed by atoms with Crippen LogP contribution in [0.4, 0.5) is 16.2 Å². The molecule has 0 bridgehead atoms. The van der Waals surface area contributed by atoms with Crippen LogP contribution in [0, 0.1) is 0 Å². The van der Waals surface area contributed by atoms with Crippen molar-refractivity contribution in [3.8, 4) is 0 Å². The number of imide groups is 1. The Bertz CT molecular complexity index is 1170. The minimum absolute atomic E-state index is 0.0644. The molecule has 2 fully saturated rings. The summed E-state index contributed by atoms with van der Waals surface area (Å²) in [5, 5.41) is 0. The van der Waals surface area contributed by atoms with Crippen molar-refractivity contribution in [2.75, 3.05) is 36.0 Å². The molecule has 1 aromatic carbocycles. The second kappa shape index (κ2) is 8.45. The van der Waals surface area contributed by atoms with Crippen LogP contribution in [0.25, 0.3) is 0 Å². The number of anilines is 2. The molecule has 3 aliphatic rings. The van der Waals surface area contributed by atoms with Crippen molar-refractivity contribution in [2.24, 2.45) is 0 Å². The molecule has 0 N–H and O–H groups in total. The summed E-state index contributed by atoms with van der Waals surface area (Å²) in [5.41, 5.74) is 2.06. The number of amides is 4. The summed E-state index contributed by atoms with van der Waals surface area (Å²) in [4.78, 5) is 51.2. The van der Waals surface area contributed by atoms with Crippen molar-refractivity contribution in [3.63, 3.8) is 0 Å². The Kier molecular flexibility index (Phi) is 5.67. The first-order chi connectivity index (χ1) is 16.6. The molecule has 8 nitrogen and oxygen atoms in total. The number of hydrogen-bond donors (Lipinski definition) is 0. The van der Waals surface area contributed by atoms with E-state index in [1.54, 1.807) is 31.1 Å². The molecule has 1 aromatic heterocycles. The number of carbonyl (C=O) groups is 3. The molecule has 0 unspecified atom stereocenters. The Labute approximate surface area is 206 Å². The van der Waals surface area contributed by atoms with Gasteiger partial charge in [0.2, 0.25) is 5.91 Å². The van der Waals surface area contributed by atoms with Gasteiger partial charge in [0, 0.05) is 36.6 Å². The van der Waals surface area contributed by atoms with Crippen LogP contribution in [0.15, 0.2) is 42.7 Å². The fraction of sp³-hybridized carbons (Fsp3) is 0.481. The lowest BCUT2D eigenvalue weighted by Gasteiger charge is -2.27. The van der Waals surface area contributed by atoms with Crippen LogP contribution in [0.1, 0.15) is 51.7 Å². The van der Waals surface area contributed by atoms with Gasteiger partial charge in [-0.1, -0.05) is 19.9 Å². The molecule has 4 amide bonds. The summed E-state index contributed by atoms with van der Waals surface area (Å²) in [6.45, 7) is 11.0. The van der Waals surface area contributed by atoms with E-state index in [0.717, 1.165) is 42.7 Å². The molecule has 2 saturated heterocycles. The standard InChI is InChI=1S/C27H33N5O3/c1-26(2)18-30(23(33)17-29-13-5-6-14-29)22-15-20(7-8-21(22)26)32-24(34)27(3,4)31(25(32)35)16-19-9-11-28-12-10-19/h7-12,15H,5-6,13-14,16-18H2,1-4H3. The number of pyridine rings is 1. The van der Waals surface area contributed by atoms with Crippen molar-refractivity contribution in [3.05, 3.63) is 53.9 Å². The summed E-state index contributed by atoms with van der Waals surface area (Å²) in [7, 11) is 0. The van der Waals surface area contributed by atoms with Crippen LogP contribution in [-0.2, 0) is 21.5 Å². The average Bonchev–Trinajstić information content (AvgIpc) is 3.47. The maximum absolute atomic E-state index is 13.5. The number of benzene rings is 1. The van der Waals surface area contributed by atoms with Gasteiger partial charge in [0.25, 0.3) is 5.91 Å². The van der Waals surface area contributed by atoms with E-state index in [0.29, 0.717) is 25.3 Å². The van der Waals surface area contributed by atoms with Crippen LogP contribution in [0.2, 0.25) is 0 Å².